The highest BCUT2D eigenvalue weighted by Crippen LogP contribution is 2.36. The van der Waals surface area contributed by atoms with Crippen LogP contribution < -0.4 is 0 Å². The zero-order valence-corrected chi connectivity index (χ0v) is 11.0. The van der Waals surface area contributed by atoms with E-state index in [9.17, 15) is 19.4 Å². The molecule has 1 heterocycles. The maximum Gasteiger partial charge on any atom is 0.321 e. The van der Waals surface area contributed by atoms with Crippen molar-refractivity contribution in [1.29, 1.82) is 0 Å². The molecular formula is C14H18FNO3. The molecule has 0 bridgehead atoms. The van der Waals surface area contributed by atoms with Gasteiger partial charge in [0, 0.05) is 11.6 Å². The molecule has 1 aromatic carbocycles. The van der Waals surface area contributed by atoms with Crippen molar-refractivity contribution in [1.82, 2.24) is 4.90 Å². The van der Waals surface area contributed by atoms with E-state index in [0.29, 0.717) is 12.1 Å². The normalized spacial score (nSPS) is 25.4. The van der Waals surface area contributed by atoms with Crippen LogP contribution in [0.5, 0.6) is 5.75 Å². The largest absolute Gasteiger partial charge is 0.508 e. The third kappa shape index (κ3) is 2.56. The molecule has 0 aliphatic carbocycles. The standard InChI is InChI=1S/C14H18FNO3/c1-8-5-6-16(13(8)14(18)19)9(2)11-7-10(15)3-4-12(11)17/h3-4,7-9,13,17H,5-6H2,1-2H3,(H,18,19). The van der Waals surface area contributed by atoms with Gasteiger partial charge in [-0.25, -0.2) is 4.39 Å². The second kappa shape index (κ2) is 5.17. The SMILES string of the molecule is CC1CCN(C(C)c2cc(F)ccc2O)C1C(=O)O. The van der Waals surface area contributed by atoms with Gasteiger partial charge in [0.05, 0.1) is 0 Å². The first kappa shape index (κ1) is 13.8. The minimum absolute atomic E-state index is 0.00223. The lowest BCUT2D eigenvalue weighted by molar-refractivity contribution is -0.144. The Labute approximate surface area is 111 Å². The molecule has 0 radical (unpaired) electrons. The minimum atomic E-state index is -0.868. The van der Waals surface area contributed by atoms with E-state index in [4.69, 9.17) is 0 Å². The molecule has 5 heteroatoms. The van der Waals surface area contributed by atoms with Crippen LogP contribution in [-0.2, 0) is 4.79 Å². The van der Waals surface area contributed by atoms with Crippen LogP contribution in [0.3, 0.4) is 0 Å². The zero-order chi connectivity index (χ0) is 14.2. The summed E-state index contributed by atoms with van der Waals surface area (Å²) in [5.41, 5.74) is 0.431. The lowest BCUT2D eigenvalue weighted by Crippen LogP contribution is -2.40. The first-order valence-corrected chi connectivity index (χ1v) is 6.38. The highest BCUT2D eigenvalue weighted by Gasteiger charge is 2.39. The van der Waals surface area contributed by atoms with Gasteiger partial charge in [-0.2, -0.15) is 0 Å². The molecule has 1 aliphatic heterocycles. The van der Waals surface area contributed by atoms with Crippen molar-refractivity contribution in [2.24, 2.45) is 5.92 Å². The third-order valence-corrected chi connectivity index (χ3v) is 3.93. The van der Waals surface area contributed by atoms with Crippen LogP contribution in [0.1, 0.15) is 31.9 Å². The molecule has 3 atom stereocenters. The van der Waals surface area contributed by atoms with Crippen LogP contribution in [-0.4, -0.2) is 33.7 Å². The Morgan fingerprint density at radius 1 is 1.53 bits per heavy atom. The summed E-state index contributed by atoms with van der Waals surface area (Å²) in [5, 5.41) is 19.1. The molecule has 1 saturated heterocycles. The Morgan fingerprint density at radius 3 is 2.84 bits per heavy atom. The quantitative estimate of drug-likeness (QED) is 0.882. The maximum atomic E-state index is 13.3. The molecule has 0 amide bonds. The molecular weight excluding hydrogens is 249 g/mol. The van der Waals surface area contributed by atoms with Crippen LogP contribution in [0.15, 0.2) is 18.2 Å². The second-order valence-electron chi connectivity index (χ2n) is 5.17. The summed E-state index contributed by atoms with van der Waals surface area (Å²) < 4.78 is 13.3. The van der Waals surface area contributed by atoms with Crippen LogP contribution in [0, 0.1) is 11.7 Å². The number of carboxylic acid groups (broad SMARTS) is 1. The lowest BCUT2D eigenvalue weighted by Gasteiger charge is -2.30. The number of phenols is 1. The number of benzene rings is 1. The number of likely N-dealkylation sites (tertiary alicyclic amines) is 1. The van der Waals surface area contributed by atoms with Crippen LogP contribution in [0.25, 0.3) is 0 Å². The molecule has 0 aromatic heterocycles. The monoisotopic (exact) mass is 267 g/mol. The van der Waals surface area contributed by atoms with Gasteiger partial charge >= 0.3 is 5.97 Å². The fourth-order valence-electron chi connectivity index (χ4n) is 2.83. The number of halogens is 1. The molecule has 1 aliphatic rings. The number of hydrogen-bond donors (Lipinski definition) is 2. The van der Waals surface area contributed by atoms with Gasteiger partial charge in [-0.05, 0) is 44.0 Å². The van der Waals surface area contributed by atoms with Gasteiger partial charge < -0.3 is 10.2 Å². The number of carbonyl (C=O) groups is 1. The predicted molar refractivity (Wildman–Crippen MR) is 68.4 cm³/mol. The van der Waals surface area contributed by atoms with E-state index in [-0.39, 0.29) is 17.7 Å². The van der Waals surface area contributed by atoms with E-state index < -0.39 is 17.8 Å². The third-order valence-electron chi connectivity index (χ3n) is 3.93. The molecule has 1 fully saturated rings. The van der Waals surface area contributed by atoms with E-state index in [2.05, 4.69) is 0 Å². The van der Waals surface area contributed by atoms with E-state index in [0.717, 1.165) is 6.42 Å². The molecule has 0 spiro atoms. The first-order valence-electron chi connectivity index (χ1n) is 6.38. The number of aromatic hydroxyl groups is 1. The lowest BCUT2D eigenvalue weighted by atomic mass is 10.0. The summed E-state index contributed by atoms with van der Waals surface area (Å²) in [4.78, 5) is 13.1. The van der Waals surface area contributed by atoms with E-state index in [1.54, 1.807) is 6.92 Å². The molecule has 1 aromatic rings. The molecule has 3 unspecified atom stereocenters. The minimum Gasteiger partial charge on any atom is -0.508 e. The number of carboxylic acids is 1. The van der Waals surface area contributed by atoms with Crippen molar-refractivity contribution < 1.29 is 19.4 Å². The van der Waals surface area contributed by atoms with Gasteiger partial charge in [-0.3, -0.25) is 9.69 Å². The van der Waals surface area contributed by atoms with Crippen LogP contribution in [0.4, 0.5) is 4.39 Å². The van der Waals surface area contributed by atoms with Crippen LogP contribution >= 0.6 is 0 Å². The maximum absolute atomic E-state index is 13.3. The number of aliphatic carboxylic acids is 1. The predicted octanol–water partition coefficient (Wildman–Crippen LogP) is 2.39. The highest BCUT2D eigenvalue weighted by atomic mass is 19.1. The topological polar surface area (TPSA) is 60.8 Å². The van der Waals surface area contributed by atoms with Crippen molar-refractivity contribution >= 4 is 5.97 Å². The van der Waals surface area contributed by atoms with Gasteiger partial charge in [-0.15, -0.1) is 0 Å². The summed E-state index contributed by atoms with van der Waals surface area (Å²) >= 11 is 0. The Kier molecular flexibility index (Phi) is 3.75. The van der Waals surface area contributed by atoms with Crippen molar-refractivity contribution in [2.75, 3.05) is 6.54 Å². The molecule has 4 nitrogen and oxygen atoms in total. The van der Waals surface area contributed by atoms with E-state index in [1.807, 2.05) is 11.8 Å². The van der Waals surface area contributed by atoms with Crippen molar-refractivity contribution in [2.45, 2.75) is 32.4 Å². The average molecular weight is 267 g/mol. The number of rotatable bonds is 3. The van der Waals surface area contributed by atoms with Gasteiger partial charge in [0.1, 0.15) is 17.6 Å². The second-order valence-corrected chi connectivity index (χ2v) is 5.17. The van der Waals surface area contributed by atoms with Gasteiger partial charge in [-0.1, -0.05) is 6.92 Å². The fraction of sp³-hybridized carbons (Fsp3) is 0.500. The molecule has 104 valence electrons. The number of nitrogens with zero attached hydrogens (tertiary/aromatic N) is 1. The average Bonchev–Trinajstić information content (AvgIpc) is 2.73. The summed E-state index contributed by atoms with van der Waals surface area (Å²) in [6, 6.07) is 2.84. The Balaban J connectivity index is 2.30. The van der Waals surface area contributed by atoms with E-state index >= 15 is 0 Å². The molecule has 0 saturated carbocycles. The smallest absolute Gasteiger partial charge is 0.321 e. The molecule has 2 rings (SSSR count). The molecule has 19 heavy (non-hydrogen) atoms. The van der Waals surface area contributed by atoms with E-state index in [1.165, 1.54) is 18.2 Å². The highest BCUT2D eigenvalue weighted by molar-refractivity contribution is 5.74. The summed E-state index contributed by atoms with van der Waals surface area (Å²) in [6.07, 6.45) is 0.789. The Morgan fingerprint density at radius 2 is 2.21 bits per heavy atom. The Bertz CT molecular complexity index is 492. The zero-order valence-electron chi connectivity index (χ0n) is 11.0. The molecule has 2 N–H and O–H groups in total. The summed E-state index contributed by atoms with van der Waals surface area (Å²) in [5.74, 6) is -1.25. The van der Waals surface area contributed by atoms with Crippen molar-refractivity contribution in [3.8, 4) is 5.75 Å². The van der Waals surface area contributed by atoms with Crippen LogP contribution in [0.2, 0.25) is 0 Å². The fourth-order valence-corrected chi connectivity index (χ4v) is 2.83. The number of hydrogen-bond acceptors (Lipinski definition) is 3. The van der Waals surface area contributed by atoms with Crippen molar-refractivity contribution in [3.05, 3.63) is 29.6 Å². The Hall–Kier alpha value is -1.62. The van der Waals surface area contributed by atoms with Crippen molar-refractivity contribution in [3.63, 3.8) is 0 Å². The van der Waals surface area contributed by atoms with Gasteiger partial charge in [0.15, 0.2) is 0 Å². The van der Waals surface area contributed by atoms with Gasteiger partial charge in [0.2, 0.25) is 0 Å². The summed E-state index contributed by atoms with van der Waals surface area (Å²) in [7, 11) is 0. The number of phenolic OH excluding ortho intramolecular Hbond substituents is 1. The first-order chi connectivity index (χ1) is 8.91. The van der Waals surface area contributed by atoms with Gasteiger partial charge in [0.25, 0.3) is 0 Å². The summed E-state index contributed by atoms with van der Waals surface area (Å²) in [6.45, 7) is 4.33.